The number of aliphatic hydroxyl groups is 1. The molecule has 37 heavy (non-hydrogen) atoms. The molecule has 4 saturated carbocycles. The van der Waals surface area contributed by atoms with Crippen LogP contribution in [0.25, 0.3) is 0 Å². The van der Waals surface area contributed by atoms with Gasteiger partial charge in [0.05, 0.1) is 11.0 Å². The maximum Gasteiger partial charge on any atom is 0.224 e. The molecule has 0 heterocycles. The van der Waals surface area contributed by atoms with Crippen molar-refractivity contribution in [2.45, 2.75) is 102 Å². The fraction of sp³-hybridized carbons (Fsp3) is 0.767. The molecule has 0 saturated heterocycles. The number of hydrogen-bond donors (Lipinski definition) is 2. The fourth-order valence-corrected chi connectivity index (χ4v) is 10.2. The quantitative estimate of drug-likeness (QED) is 0.441. The van der Waals surface area contributed by atoms with Gasteiger partial charge in [-0.25, -0.2) is 8.42 Å². The van der Waals surface area contributed by atoms with Crippen molar-refractivity contribution in [2.75, 3.05) is 5.32 Å². The van der Waals surface area contributed by atoms with Crippen molar-refractivity contribution >= 4 is 21.7 Å². The van der Waals surface area contributed by atoms with E-state index in [9.17, 15) is 22.9 Å². The maximum absolute atomic E-state index is 12.6. The first-order valence-corrected chi connectivity index (χ1v) is 15.9. The van der Waals surface area contributed by atoms with Crippen molar-refractivity contribution in [2.24, 2.45) is 46.3 Å². The minimum atomic E-state index is -4.49. The van der Waals surface area contributed by atoms with E-state index in [1.807, 2.05) is 0 Å². The van der Waals surface area contributed by atoms with Crippen molar-refractivity contribution in [1.29, 1.82) is 0 Å². The Morgan fingerprint density at radius 2 is 1.70 bits per heavy atom. The highest BCUT2D eigenvalue weighted by atomic mass is 32.2. The molecule has 0 aliphatic heterocycles. The Balaban J connectivity index is 1.18. The van der Waals surface area contributed by atoms with Crippen molar-refractivity contribution in [1.82, 2.24) is 0 Å². The normalized spacial score (nSPS) is 40.2. The van der Waals surface area contributed by atoms with Crippen LogP contribution in [0.5, 0.6) is 0 Å². The number of benzene rings is 1. The largest absolute Gasteiger partial charge is 0.744 e. The standard InChI is InChI=1S/C30H45NO5S/c1-19(4-13-28(33)31-21-6-8-23(9-7-21)37(34,35)36)25-11-12-26-24-10-5-20-18-22(32)14-16-29(20,2)27(24)15-17-30(25,26)3/h6-9,19-20,22,24-27,32H,4-5,10-18H2,1-3H3,(H,31,33)(H,34,35,36)/p-1/t19-,20-,22-,24+,25-,26+,27+,29+,30-/m1/s1. The number of aliphatic hydroxyl groups excluding tert-OH is 1. The lowest BCUT2D eigenvalue weighted by Gasteiger charge is -2.61. The van der Waals surface area contributed by atoms with E-state index in [2.05, 4.69) is 26.1 Å². The highest BCUT2D eigenvalue weighted by Crippen LogP contribution is 2.68. The zero-order valence-corrected chi connectivity index (χ0v) is 23.4. The minimum absolute atomic E-state index is 0.0706. The molecular weight excluding hydrogens is 486 g/mol. The minimum Gasteiger partial charge on any atom is -0.744 e. The third kappa shape index (κ3) is 5.00. The Bertz CT molecular complexity index is 1100. The van der Waals surface area contributed by atoms with Crippen molar-refractivity contribution in [3.05, 3.63) is 24.3 Å². The fourth-order valence-electron chi connectivity index (χ4n) is 9.70. The van der Waals surface area contributed by atoms with Crippen LogP contribution in [-0.2, 0) is 14.9 Å². The molecule has 0 unspecified atom stereocenters. The van der Waals surface area contributed by atoms with Gasteiger partial charge in [-0.1, -0.05) is 20.8 Å². The lowest BCUT2D eigenvalue weighted by atomic mass is 9.44. The summed E-state index contributed by atoms with van der Waals surface area (Å²) in [7, 11) is -4.49. The molecule has 1 amide bonds. The second-order valence-corrected chi connectivity index (χ2v) is 14.7. The van der Waals surface area contributed by atoms with Gasteiger partial charge in [0, 0.05) is 12.1 Å². The maximum atomic E-state index is 12.6. The summed E-state index contributed by atoms with van der Waals surface area (Å²) in [5, 5.41) is 13.1. The molecule has 6 nitrogen and oxygen atoms in total. The van der Waals surface area contributed by atoms with Crippen molar-refractivity contribution in [3.8, 4) is 0 Å². The second kappa shape index (κ2) is 9.95. The molecule has 4 aliphatic rings. The Labute approximate surface area is 222 Å². The van der Waals surface area contributed by atoms with Gasteiger partial charge in [0.1, 0.15) is 10.1 Å². The van der Waals surface area contributed by atoms with Crippen LogP contribution in [0.1, 0.15) is 91.4 Å². The van der Waals surface area contributed by atoms with Crippen LogP contribution in [0.2, 0.25) is 0 Å². The van der Waals surface area contributed by atoms with E-state index in [0.717, 1.165) is 37.0 Å². The molecule has 4 aliphatic carbocycles. The summed E-state index contributed by atoms with van der Waals surface area (Å²) < 4.78 is 33.3. The summed E-state index contributed by atoms with van der Waals surface area (Å²) in [6.45, 7) is 7.42. The first-order chi connectivity index (χ1) is 17.4. The number of fused-ring (bicyclic) bond motifs is 5. The highest BCUT2D eigenvalue weighted by molar-refractivity contribution is 7.85. The van der Waals surface area contributed by atoms with Crippen LogP contribution in [-0.4, -0.2) is 30.1 Å². The molecular formula is C30H44NO5S-. The number of nitrogens with one attached hydrogen (secondary N) is 1. The average molecular weight is 531 g/mol. The monoisotopic (exact) mass is 530 g/mol. The van der Waals surface area contributed by atoms with Crippen LogP contribution in [0.15, 0.2) is 29.2 Å². The van der Waals surface area contributed by atoms with E-state index in [4.69, 9.17) is 0 Å². The third-order valence-corrected chi connectivity index (χ3v) is 12.5. The van der Waals surface area contributed by atoms with Crippen LogP contribution in [0.4, 0.5) is 5.69 Å². The van der Waals surface area contributed by atoms with E-state index in [0.29, 0.717) is 40.7 Å². The number of carbonyl (C=O) groups excluding carboxylic acids is 1. The van der Waals surface area contributed by atoms with Crippen LogP contribution >= 0.6 is 0 Å². The summed E-state index contributed by atoms with van der Waals surface area (Å²) in [6, 6.07) is 5.41. The van der Waals surface area contributed by atoms with E-state index >= 15 is 0 Å². The lowest BCUT2D eigenvalue weighted by Crippen LogP contribution is -2.54. The smallest absolute Gasteiger partial charge is 0.224 e. The summed E-state index contributed by atoms with van der Waals surface area (Å²) in [5.74, 6) is 4.15. The second-order valence-electron chi connectivity index (χ2n) is 13.4. The zero-order valence-electron chi connectivity index (χ0n) is 22.6. The molecule has 5 rings (SSSR count). The molecule has 206 valence electrons. The van der Waals surface area contributed by atoms with Gasteiger partial charge in [-0.3, -0.25) is 4.79 Å². The summed E-state index contributed by atoms with van der Waals surface area (Å²) in [5.41, 5.74) is 1.27. The van der Waals surface area contributed by atoms with E-state index < -0.39 is 10.1 Å². The summed E-state index contributed by atoms with van der Waals surface area (Å²) >= 11 is 0. The zero-order chi connectivity index (χ0) is 26.6. The van der Waals surface area contributed by atoms with E-state index in [-0.39, 0.29) is 16.9 Å². The highest BCUT2D eigenvalue weighted by Gasteiger charge is 2.60. The first-order valence-electron chi connectivity index (χ1n) is 14.5. The molecule has 7 heteroatoms. The molecule has 4 fully saturated rings. The lowest BCUT2D eigenvalue weighted by molar-refractivity contribution is -0.129. The van der Waals surface area contributed by atoms with Gasteiger partial charge >= 0.3 is 0 Å². The third-order valence-electron chi connectivity index (χ3n) is 11.7. The van der Waals surface area contributed by atoms with Crippen LogP contribution < -0.4 is 5.32 Å². The van der Waals surface area contributed by atoms with Gasteiger partial charge in [0.25, 0.3) is 0 Å². The molecule has 0 bridgehead atoms. The van der Waals surface area contributed by atoms with Gasteiger partial charge in [-0.2, -0.15) is 0 Å². The number of carbonyl (C=O) groups is 1. The number of hydrogen-bond acceptors (Lipinski definition) is 5. The van der Waals surface area contributed by atoms with Gasteiger partial charge in [0.15, 0.2) is 0 Å². The SMILES string of the molecule is C[C@H](CCC(=O)Nc1ccc(S(=O)(=O)[O-])cc1)[C@H]1CC[C@H]2[C@@H]3CC[C@@H]4C[C@H](O)CC[C@]4(C)[C@H]3CC[C@]12C. The first kappa shape index (κ1) is 27.1. The van der Waals surface area contributed by atoms with E-state index in [1.165, 1.54) is 69.2 Å². The Morgan fingerprint density at radius 3 is 2.41 bits per heavy atom. The predicted molar refractivity (Wildman–Crippen MR) is 143 cm³/mol. The van der Waals surface area contributed by atoms with Crippen LogP contribution in [0, 0.1) is 46.3 Å². The summed E-state index contributed by atoms with van der Waals surface area (Å²) in [4.78, 5) is 12.4. The van der Waals surface area contributed by atoms with Gasteiger partial charge in [-0.05, 0) is 135 Å². The molecule has 2 N–H and O–H groups in total. The molecule has 9 atom stereocenters. The molecule has 0 aromatic heterocycles. The van der Waals surface area contributed by atoms with E-state index in [1.54, 1.807) is 0 Å². The average Bonchev–Trinajstić information content (AvgIpc) is 3.20. The molecule has 1 aromatic rings. The predicted octanol–water partition coefficient (Wildman–Crippen LogP) is 5.97. The Morgan fingerprint density at radius 1 is 1.03 bits per heavy atom. The molecule has 0 radical (unpaired) electrons. The summed E-state index contributed by atoms with van der Waals surface area (Å²) in [6.07, 6.45) is 12.2. The number of anilines is 1. The molecule has 1 aromatic carbocycles. The van der Waals surface area contributed by atoms with Gasteiger partial charge in [0.2, 0.25) is 5.91 Å². The topological polar surface area (TPSA) is 107 Å². The van der Waals surface area contributed by atoms with Gasteiger partial charge < -0.3 is 15.0 Å². The van der Waals surface area contributed by atoms with Crippen LogP contribution in [0.3, 0.4) is 0 Å². The Hall–Kier alpha value is -1.44. The Kier molecular flexibility index (Phi) is 7.29. The number of rotatable bonds is 6. The van der Waals surface area contributed by atoms with Crippen molar-refractivity contribution < 1.29 is 22.9 Å². The van der Waals surface area contributed by atoms with Gasteiger partial charge in [-0.15, -0.1) is 0 Å². The number of amides is 1. The van der Waals surface area contributed by atoms with Crippen molar-refractivity contribution in [3.63, 3.8) is 0 Å². The molecule has 0 spiro atoms.